The van der Waals surface area contributed by atoms with Gasteiger partial charge < -0.3 is 5.73 Å². The Morgan fingerprint density at radius 1 is 1.37 bits per heavy atom. The van der Waals surface area contributed by atoms with E-state index < -0.39 is 0 Å². The van der Waals surface area contributed by atoms with Crippen LogP contribution in [0.4, 0.5) is 0 Å². The summed E-state index contributed by atoms with van der Waals surface area (Å²) in [4.78, 5) is 0. The molecular weight excluding hydrogens is 256 g/mol. The van der Waals surface area contributed by atoms with E-state index in [1.165, 1.54) is 18.5 Å². The number of aryl methyl sites for hydroxylation is 1. The second-order valence-electron chi connectivity index (χ2n) is 4.49. The average Bonchev–Trinajstić information content (AvgIpc) is 2.57. The highest BCUT2D eigenvalue weighted by atomic mass is 35.5. The van der Waals surface area contributed by atoms with Crippen molar-refractivity contribution in [2.45, 2.75) is 26.7 Å². The van der Waals surface area contributed by atoms with Crippen molar-refractivity contribution in [1.29, 1.82) is 0 Å². The van der Waals surface area contributed by atoms with Crippen LogP contribution >= 0.6 is 11.6 Å². The molecule has 0 spiro atoms. The Morgan fingerprint density at radius 2 is 2.11 bits per heavy atom. The van der Waals surface area contributed by atoms with E-state index in [0.717, 1.165) is 17.1 Å². The molecule has 1 aromatic heterocycles. The molecule has 0 unspecified atom stereocenters. The third kappa shape index (κ3) is 4.68. The third-order valence-corrected chi connectivity index (χ3v) is 3.21. The maximum Gasteiger partial charge on any atom is 0.213 e. The number of hydrogen-bond acceptors (Lipinski definition) is 1. The van der Waals surface area contributed by atoms with Crippen molar-refractivity contribution in [2.24, 2.45) is 12.8 Å². The minimum Gasteiger partial charge on any atom is -0.330 e. The van der Waals surface area contributed by atoms with Crippen LogP contribution in [0.15, 0.2) is 29.0 Å². The summed E-state index contributed by atoms with van der Waals surface area (Å²) in [5.74, 6) is 0. The number of unbranched alkanes of at least 4 members (excludes halogenated alkanes) is 1. The molecule has 0 amide bonds. The molecule has 3 heteroatoms. The zero-order chi connectivity index (χ0) is 14.3. The largest absolute Gasteiger partial charge is 0.330 e. The Hall–Kier alpha value is -1.34. The lowest BCUT2D eigenvalue weighted by Crippen LogP contribution is -2.56. The van der Waals surface area contributed by atoms with Gasteiger partial charge in [-0.15, -0.1) is 5.73 Å². The number of pyridine rings is 1. The summed E-state index contributed by atoms with van der Waals surface area (Å²) in [7, 11) is 2.05. The minimum absolute atomic E-state index is 0.642. The fraction of sp³-hybridized carbons (Fsp3) is 0.375. The van der Waals surface area contributed by atoms with Gasteiger partial charge in [-0.2, -0.15) is 4.57 Å². The van der Waals surface area contributed by atoms with E-state index in [1.807, 2.05) is 25.3 Å². The second-order valence-corrected chi connectivity index (χ2v) is 4.89. The predicted molar refractivity (Wildman–Crippen MR) is 81.9 cm³/mol. The summed E-state index contributed by atoms with van der Waals surface area (Å²) in [5, 5.41) is 2.93. The normalized spacial score (nSPS) is 12.2. The Labute approximate surface area is 120 Å². The van der Waals surface area contributed by atoms with Gasteiger partial charge in [-0.3, -0.25) is 0 Å². The summed E-state index contributed by atoms with van der Waals surface area (Å²) in [6, 6.07) is 4.16. The molecule has 0 fully saturated rings. The van der Waals surface area contributed by atoms with E-state index in [4.69, 9.17) is 17.3 Å². The Morgan fingerprint density at radius 3 is 2.68 bits per heavy atom. The van der Waals surface area contributed by atoms with Crippen LogP contribution < -0.4 is 20.9 Å². The number of allylic oxidation sites excluding steroid dienone is 1. The summed E-state index contributed by atoms with van der Waals surface area (Å²) in [5.41, 5.74) is 9.33. The first-order valence-corrected chi connectivity index (χ1v) is 6.98. The van der Waals surface area contributed by atoms with Crippen LogP contribution in [0, 0.1) is 6.92 Å². The Balaban J connectivity index is 0.000000312. The van der Waals surface area contributed by atoms with Crippen LogP contribution in [-0.2, 0) is 7.05 Å². The highest BCUT2D eigenvalue weighted by molar-refractivity contribution is 6.33. The highest BCUT2D eigenvalue weighted by Gasteiger charge is 2.04. The fourth-order valence-corrected chi connectivity index (χ4v) is 1.88. The van der Waals surface area contributed by atoms with E-state index in [2.05, 4.69) is 36.3 Å². The quantitative estimate of drug-likeness (QED) is 0.643. The molecular formula is C16H22ClN2+. The molecule has 0 aliphatic heterocycles. The van der Waals surface area contributed by atoms with Crippen molar-refractivity contribution in [3.63, 3.8) is 0 Å². The van der Waals surface area contributed by atoms with Crippen molar-refractivity contribution in [1.82, 2.24) is 0 Å². The van der Waals surface area contributed by atoms with E-state index in [-0.39, 0.29) is 0 Å². The maximum atomic E-state index is 5.93. The van der Waals surface area contributed by atoms with Gasteiger partial charge in [0.15, 0.2) is 5.69 Å². The zero-order valence-electron chi connectivity index (χ0n) is 11.9. The number of rotatable bonds is 2. The van der Waals surface area contributed by atoms with Crippen molar-refractivity contribution in [3.05, 3.63) is 45.2 Å². The van der Waals surface area contributed by atoms with Crippen LogP contribution in [0.3, 0.4) is 0 Å². The number of halogens is 1. The lowest BCUT2D eigenvalue weighted by Gasteiger charge is -1.94. The van der Waals surface area contributed by atoms with Crippen LogP contribution in [-0.4, -0.2) is 6.54 Å². The molecule has 0 aromatic carbocycles. The molecule has 0 radical (unpaired) electrons. The molecule has 1 aliphatic carbocycles. The number of nitrogens with two attached hydrogens (primary N) is 1. The van der Waals surface area contributed by atoms with Gasteiger partial charge in [-0.1, -0.05) is 24.9 Å². The fourth-order valence-electron chi connectivity index (χ4n) is 1.70. The molecule has 102 valence electrons. The molecule has 1 aliphatic rings. The first kappa shape index (κ1) is 15.7. The zero-order valence-corrected chi connectivity index (χ0v) is 12.7. The van der Waals surface area contributed by atoms with Gasteiger partial charge in [-0.05, 0) is 31.2 Å². The topological polar surface area (TPSA) is 29.9 Å². The molecule has 0 atom stereocenters. The first-order chi connectivity index (χ1) is 9.10. The van der Waals surface area contributed by atoms with Crippen LogP contribution in [0.25, 0.3) is 12.2 Å². The molecule has 2 N–H and O–H groups in total. The minimum atomic E-state index is 0.642. The average molecular weight is 278 g/mol. The lowest BCUT2D eigenvalue weighted by atomic mass is 10.2. The highest BCUT2D eigenvalue weighted by Crippen LogP contribution is 2.00. The van der Waals surface area contributed by atoms with E-state index in [0.29, 0.717) is 5.03 Å². The Bertz CT molecular complexity index is 606. The smallest absolute Gasteiger partial charge is 0.213 e. The van der Waals surface area contributed by atoms with E-state index >= 15 is 0 Å². The summed E-state index contributed by atoms with van der Waals surface area (Å²) in [6.45, 7) is 5.06. The summed E-state index contributed by atoms with van der Waals surface area (Å²) in [6.07, 6.45) is 8.19. The van der Waals surface area contributed by atoms with Gasteiger partial charge in [0.1, 0.15) is 7.05 Å². The van der Waals surface area contributed by atoms with Crippen molar-refractivity contribution in [2.75, 3.05) is 6.54 Å². The molecule has 0 saturated carbocycles. The lowest BCUT2D eigenvalue weighted by molar-refractivity contribution is -0.691. The molecule has 19 heavy (non-hydrogen) atoms. The third-order valence-electron chi connectivity index (χ3n) is 2.99. The molecule has 1 aromatic rings. The monoisotopic (exact) mass is 277 g/mol. The van der Waals surface area contributed by atoms with Crippen molar-refractivity contribution >= 4 is 23.8 Å². The maximum absolute atomic E-state index is 5.93. The van der Waals surface area contributed by atoms with Gasteiger partial charge in [-0.25, -0.2) is 0 Å². The SMILES string of the molecule is CCCCN.Cc1ccc2c([n+]1C)=CC=C=C(Cl)C=2. The summed E-state index contributed by atoms with van der Waals surface area (Å²) >= 11 is 5.93. The molecule has 0 saturated heterocycles. The second kappa shape index (κ2) is 7.96. The van der Waals surface area contributed by atoms with Gasteiger partial charge in [0.25, 0.3) is 0 Å². The van der Waals surface area contributed by atoms with Crippen molar-refractivity contribution < 1.29 is 4.57 Å². The number of hydrogen-bond donors (Lipinski definition) is 1. The van der Waals surface area contributed by atoms with Crippen LogP contribution in [0.5, 0.6) is 0 Å². The van der Waals surface area contributed by atoms with E-state index in [1.54, 1.807) is 0 Å². The molecule has 2 nitrogen and oxygen atoms in total. The van der Waals surface area contributed by atoms with E-state index in [9.17, 15) is 0 Å². The number of aromatic nitrogens is 1. The molecule has 0 bridgehead atoms. The standard InChI is InChI=1S/C12H11ClN.C4H11N/c1-9-6-7-10-8-11(13)4-3-5-12(10)14(9)2;1-2-3-4-5/h3,5-8H,1-2H3;2-5H2,1H3/q+1;. The first-order valence-electron chi connectivity index (χ1n) is 6.60. The number of fused-ring (bicyclic) bond motifs is 1. The van der Waals surface area contributed by atoms with Crippen LogP contribution in [0.2, 0.25) is 0 Å². The van der Waals surface area contributed by atoms with Gasteiger partial charge >= 0.3 is 0 Å². The number of nitrogens with zero attached hydrogens (tertiary/aromatic N) is 1. The molecule has 1 heterocycles. The Kier molecular flexibility index (Phi) is 6.58. The molecule has 2 rings (SSSR count). The van der Waals surface area contributed by atoms with Crippen molar-refractivity contribution in [3.8, 4) is 0 Å². The van der Waals surface area contributed by atoms with Gasteiger partial charge in [0.05, 0.1) is 5.03 Å². The predicted octanol–water partition coefficient (Wildman–Crippen LogP) is 1.42. The summed E-state index contributed by atoms with van der Waals surface area (Å²) < 4.78 is 2.14. The van der Waals surface area contributed by atoms with Crippen LogP contribution in [0.1, 0.15) is 25.5 Å². The van der Waals surface area contributed by atoms with Gasteiger partial charge in [0, 0.05) is 24.3 Å². The van der Waals surface area contributed by atoms with Gasteiger partial charge in [0.2, 0.25) is 5.35 Å².